The van der Waals surface area contributed by atoms with E-state index in [1.165, 1.54) is 11.3 Å². The summed E-state index contributed by atoms with van der Waals surface area (Å²) in [5, 5.41) is 6.87. The Balaban J connectivity index is 1.46. The highest BCUT2D eigenvalue weighted by atomic mass is 35.5. The van der Waals surface area contributed by atoms with E-state index in [4.69, 9.17) is 16.4 Å². The summed E-state index contributed by atoms with van der Waals surface area (Å²) in [6.45, 7) is 0.913. The van der Waals surface area contributed by atoms with Gasteiger partial charge in [-0.2, -0.15) is 0 Å². The van der Waals surface area contributed by atoms with Crippen LogP contribution >= 0.6 is 22.9 Å². The quantitative estimate of drug-likeness (QED) is 0.487. The van der Waals surface area contributed by atoms with Crippen molar-refractivity contribution in [3.63, 3.8) is 0 Å². The molecule has 1 amide bonds. The van der Waals surface area contributed by atoms with Crippen molar-refractivity contribution in [1.29, 1.82) is 0 Å². The van der Waals surface area contributed by atoms with E-state index in [0.29, 0.717) is 29.4 Å². The van der Waals surface area contributed by atoms with Crippen LogP contribution in [0.5, 0.6) is 0 Å². The number of benzene rings is 2. The molecule has 1 atom stereocenters. The molecule has 1 aliphatic heterocycles. The van der Waals surface area contributed by atoms with Crippen LogP contribution in [-0.2, 0) is 11.4 Å². The molecule has 4 rings (SSSR count). The van der Waals surface area contributed by atoms with Gasteiger partial charge in [-0.1, -0.05) is 47.1 Å². The Labute approximate surface area is 191 Å². The third-order valence-corrected chi connectivity index (χ3v) is 6.25. The first-order valence-electron chi connectivity index (χ1n) is 10.1. The smallest absolute Gasteiger partial charge is 0.264 e. The molecule has 5 nitrogen and oxygen atoms in total. The van der Waals surface area contributed by atoms with Crippen LogP contribution in [0.1, 0.15) is 27.2 Å². The maximum atomic E-state index is 13.1. The SMILES string of the molecule is CN(C)c1ccc(C2=NOC(CN(Cc3cccc(Cl)c3)C(=O)c3cccs3)C2)cc1. The maximum absolute atomic E-state index is 13.1. The summed E-state index contributed by atoms with van der Waals surface area (Å²) in [5.41, 5.74) is 4.06. The zero-order chi connectivity index (χ0) is 21.8. The van der Waals surface area contributed by atoms with Crippen LogP contribution in [0.4, 0.5) is 5.69 Å². The number of thiophene rings is 1. The zero-order valence-electron chi connectivity index (χ0n) is 17.5. The average molecular weight is 454 g/mol. The zero-order valence-corrected chi connectivity index (χ0v) is 19.1. The van der Waals surface area contributed by atoms with Crippen LogP contribution in [0.3, 0.4) is 0 Å². The molecule has 3 aromatic rings. The number of hydrogen-bond donors (Lipinski definition) is 0. The molecule has 0 radical (unpaired) electrons. The fraction of sp³-hybridized carbons (Fsp3) is 0.250. The standard InChI is InChI=1S/C24H24ClN3O2S/c1-27(2)20-10-8-18(9-11-20)22-14-21(30-26-22)16-28(24(29)23-7-4-12-31-23)15-17-5-3-6-19(25)13-17/h3-13,21H,14-16H2,1-2H3. The van der Waals surface area contributed by atoms with Crippen LogP contribution in [0.15, 0.2) is 71.2 Å². The number of carbonyl (C=O) groups is 1. The van der Waals surface area contributed by atoms with Gasteiger partial charge in [0.05, 0.1) is 17.1 Å². The number of amides is 1. The lowest BCUT2D eigenvalue weighted by molar-refractivity contribution is 0.0408. The van der Waals surface area contributed by atoms with Crippen LogP contribution in [-0.4, -0.2) is 43.3 Å². The summed E-state index contributed by atoms with van der Waals surface area (Å²) in [4.78, 5) is 23.4. The number of anilines is 1. The first-order valence-corrected chi connectivity index (χ1v) is 11.3. The van der Waals surface area contributed by atoms with Crippen molar-refractivity contribution in [2.45, 2.75) is 19.1 Å². The van der Waals surface area contributed by atoms with E-state index in [1.807, 2.05) is 60.8 Å². The number of oxime groups is 1. The molecular formula is C24H24ClN3O2S. The van der Waals surface area contributed by atoms with Gasteiger partial charge in [0, 0.05) is 37.8 Å². The Hall–Kier alpha value is -2.83. The van der Waals surface area contributed by atoms with Gasteiger partial charge in [0.2, 0.25) is 0 Å². The molecule has 160 valence electrons. The molecule has 1 unspecified atom stereocenters. The van der Waals surface area contributed by atoms with Crippen molar-refractivity contribution >= 4 is 40.2 Å². The predicted molar refractivity (Wildman–Crippen MR) is 127 cm³/mol. The number of rotatable bonds is 7. The summed E-state index contributed by atoms with van der Waals surface area (Å²) in [6, 6.07) is 19.6. The van der Waals surface area contributed by atoms with Gasteiger partial charge in [0.25, 0.3) is 5.91 Å². The van der Waals surface area contributed by atoms with E-state index in [2.05, 4.69) is 34.3 Å². The van der Waals surface area contributed by atoms with E-state index in [0.717, 1.165) is 22.5 Å². The van der Waals surface area contributed by atoms with E-state index < -0.39 is 0 Å². The van der Waals surface area contributed by atoms with Gasteiger partial charge in [0.1, 0.15) is 0 Å². The molecule has 0 saturated heterocycles. The first-order chi connectivity index (χ1) is 15.0. The largest absolute Gasteiger partial charge is 0.390 e. The molecule has 0 bridgehead atoms. The summed E-state index contributed by atoms with van der Waals surface area (Å²) in [6.07, 6.45) is 0.470. The van der Waals surface area contributed by atoms with E-state index in [9.17, 15) is 4.79 Å². The summed E-state index contributed by atoms with van der Waals surface area (Å²) >= 11 is 7.59. The van der Waals surface area contributed by atoms with Gasteiger partial charge in [-0.25, -0.2) is 0 Å². The Morgan fingerprint density at radius 3 is 2.65 bits per heavy atom. The Morgan fingerprint density at radius 1 is 1.16 bits per heavy atom. The van der Waals surface area contributed by atoms with Crippen LogP contribution in [0.2, 0.25) is 5.02 Å². The van der Waals surface area contributed by atoms with E-state index in [-0.39, 0.29) is 12.0 Å². The van der Waals surface area contributed by atoms with Crippen molar-refractivity contribution in [1.82, 2.24) is 4.90 Å². The third-order valence-electron chi connectivity index (χ3n) is 5.16. The molecule has 0 N–H and O–H groups in total. The molecule has 1 aromatic heterocycles. The highest BCUT2D eigenvalue weighted by Crippen LogP contribution is 2.23. The third kappa shape index (κ3) is 5.27. The highest BCUT2D eigenvalue weighted by molar-refractivity contribution is 7.12. The topological polar surface area (TPSA) is 45.1 Å². The highest BCUT2D eigenvalue weighted by Gasteiger charge is 2.28. The first kappa shape index (κ1) is 21.4. The lowest BCUT2D eigenvalue weighted by atomic mass is 10.0. The molecule has 7 heteroatoms. The number of nitrogens with zero attached hydrogens (tertiary/aromatic N) is 3. The molecule has 0 saturated carbocycles. The Kier molecular flexibility index (Phi) is 6.59. The van der Waals surface area contributed by atoms with Gasteiger partial charge < -0.3 is 14.6 Å². The number of hydrogen-bond acceptors (Lipinski definition) is 5. The van der Waals surface area contributed by atoms with E-state index in [1.54, 1.807) is 0 Å². The van der Waals surface area contributed by atoms with Crippen molar-refractivity contribution in [3.8, 4) is 0 Å². The molecule has 0 aliphatic carbocycles. The number of carbonyl (C=O) groups excluding carboxylic acids is 1. The van der Waals surface area contributed by atoms with Gasteiger partial charge in [-0.3, -0.25) is 4.79 Å². The summed E-state index contributed by atoms with van der Waals surface area (Å²) in [5.74, 6) is -0.0117. The molecule has 2 aromatic carbocycles. The fourth-order valence-electron chi connectivity index (χ4n) is 3.53. The van der Waals surface area contributed by atoms with Crippen molar-refractivity contribution in [2.24, 2.45) is 5.16 Å². The van der Waals surface area contributed by atoms with Crippen LogP contribution < -0.4 is 4.90 Å². The molecule has 0 fully saturated rings. The van der Waals surface area contributed by atoms with Crippen molar-refractivity contribution in [2.75, 3.05) is 25.5 Å². The van der Waals surface area contributed by atoms with Crippen molar-refractivity contribution < 1.29 is 9.63 Å². The molecule has 0 spiro atoms. The minimum atomic E-state index is -0.188. The fourth-order valence-corrected chi connectivity index (χ4v) is 4.43. The van der Waals surface area contributed by atoms with Crippen molar-refractivity contribution in [3.05, 3.63) is 87.1 Å². The second-order valence-electron chi connectivity index (χ2n) is 7.70. The monoisotopic (exact) mass is 453 g/mol. The van der Waals surface area contributed by atoms with Crippen LogP contribution in [0, 0.1) is 0 Å². The lowest BCUT2D eigenvalue weighted by Gasteiger charge is -2.24. The van der Waals surface area contributed by atoms with Gasteiger partial charge in [-0.15, -0.1) is 11.3 Å². The lowest BCUT2D eigenvalue weighted by Crippen LogP contribution is -2.37. The second kappa shape index (κ2) is 9.54. The molecule has 31 heavy (non-hydrogen) atoms. The normalized spacial score (nSPS) is 15.3. The van der Waals surface area contributed by atoms with Crippen LogP contribution in [0.25, 0.3) is 0 Å². The number of halogens is 1. The van der Waals surface area contributed by atoms with Gasteiger partial charge in [0.15, 0.2) is 6.10 Å². The minimum absolute atomic E-state index is 0.0117. The minimum Gasteiger partial charge on any atom is -0.390 e. The molecule has 2 heterocycles. The Bertz CT molecular complexity index is 1060. The summed E-state index contributed by atoms with van der Waals surface area (Å²) < 4.78 is 0. The van der Waals surface area contributed by atoms with E-state index >= 15 is 0 Å². The maximum Gasteiger partial charge on any atom is 0.264 e. The summed E-state index contributed by atoms with van der Waals surface area (Å²) in [7, 11) is 4.03. The predicted octanol–water partition coefficient (Wildman–Crippen LogP) is 5.30. The molecular weight excluding hydrogens is 430 g/mol. The second-order valence-corrected chi connectivity index (χ2v) is 9.09. The van der Waals surface area contributed by atoms with Gasteiger partial charge in [-0.05, 0) is 46.8 Å². The average Bonchev–Trinajstić information content (AvgIpc) is 3.45. The van der Waals surface area contributed by atoms with Gasteiger partial charge >= 0.3 is 0 Å². The molecule has 1 aliphatic rings. The Morgan fingerprint density at radius 2 is 1.97 bits per heavy atom.